The third-order valence-electron chi connectivity index (χ3n) is 4.17. The van der Waals surface area contributed by atoms with Crippen molar-refractivity contribution in [3.63, 3.8) is 0 Å². The van der Waals surface area contributed by atoms with E-state index in [1.54, 1.807) is 0 Å². The van der Waals surface area contributed by atoms with Gasteiger partial charge in [-0.25, -0.2) is 0 Å². The Balaban J connectivity index is 2.31. The molecule has 0 unspecified atom stereocenters. The molecule has 0 aliphatic carbocycles. The van der Waals surface area contributed by atoms with Crippen LogP contribution in [0, 0.1) is 0 Å². The van der Waals surface area contributed by atoms with Gasteiger partial charge in [-0.1, -0.05) is 48.5 Å². The molecular formula is C20H28N2O2. The lowest BCUT2D eigenvalue weighted by molar-refractivity contribution is 0.217. The highest BCUT2D eigenvalue weighted by Gasteiger charge is 2.11. The zero-order chi connectivity index (χ0) is 17.4. The molecule has 0 spiro atoms. The quantitative estimate of drug-likeness (QED) is 0.741. The van der Waals surface area contributed by atoms with Gasteiger partial charge in [-0.05, 0) is 36.3 Å². The molecule has 0 aliphatic rings. The summed E-state index contributed by atoms with van der Waals surface area (Å²) in [4.78, 5) is 4.25. The van der Waals surface area contributed by atoms with Crippen molar-refractivity contribution >= 4 is 0 Å². The lowest BCUT2D eigenvalue weighted by Crippen LogP contribution is -2.22. The molecule has 24 heavy (non-hydrogen) atoms. The van der Waals surface area contributed by atoms with Crippen LogP contribution in [0.15, 0.2) is 48.5 Å². The van der Waals surface area contributed by atoms with E-state index < -0.39 is 0 Å². The molecule has 4 nitrogen and oxygen atoms in total. The van der Waals surface area contributed by atoms with Gasteiger partial charge < -0.3 is 10.2 Å². The smallest absolute Gasteiger partial charge is 0.0558 e. The Morgan fingerprint density at radius 3 is 1.42 bits per heavy atom. The highest BCUT2D eigenvalue weighted by molar-refractivity contribution is 5.70. The number of likely N-dealkylation sites (N-methyl/N-ethyl adjacent to an activating group) is 2. The Morgan fingerprint density at radius 2 is 1.04 bits per heavy atom. The van der Waals surface area contributed by atoms with Crippen LogP contribution >= 0.6 is 0 Å². The minimum Gasteiger partial charge on any atom is -0.395 e. The van der Waals surface area contributed by atoms with E-state index in [2.05, 4.69) is 58.3 Å². The van der Waals surface area contributed by atoms with Gasteiger partial charge >= 0.3 is 0 Å². The molecule has 0 heterocycles. The summed E-state index contributed by atoms with van der Waals surface area (Å²) in [6.07, 6.45) is 0. The first-order chi connectivity index (χ1) is 11.7. The van der Waals surface area contributed by atoms with Crippen LogP contribution in [0.1, 0.15) is 11.1 Å². The number of hydrogen-bond acceptors (Lipinski definition) is 4. The van der Waals surface area contributed by atoms with Crippen LogP contribution in [-0.2, 0) is 13.1 Å². The summed E-state index contributed by atoms with van der Waals surface area (Å²) in [5.41, 5.74) is 4.97. The minimum atomic E-state index is 0.168. The van der Waals surface area contributed by atoms with E-state index in [9.17, 15) is 0 Å². The Hall–Kier alpha value is -1.72. The summed E-state index contributed by atoms with van der Waals surface area (Å²) >= 11 is 0. The second-order valence-electron chi connectivity index (χ2n) is 6.24. The van der Waals surface area contributed by atoms with Gasteiger partial charge in [0, 0.05) is 26.2 Å². The highest BCUT2D eigenvalue weighted by atomic mass is 16.3. The van der Waals surface area contributed by atoms with Gasteiger partial charge in [0.2, 0.25) is 0 Å². The van der Waals surface area contributed by atoms with Crippen molar-refractivity contribution in [1.82, 2.24) is 9.80 Å². The van der Waals surface area contributed by atoms with E-state index in [1.807, 2.05) is 14.1 Å². The number of rotatable bonds is 9. The topological polar surface area (TPSA) is 46.9 Å². The van der Waals surface area contributed by atoms with E-state index >= 15 is 0 Å². The molecule has 0 radical (unpaired) electrons. The molecule has 0 fully saturated rings. The summed E-state index contributed by atoms with van der Waals surface area (Å²) in [6.45, 7) is 3.27. The SMILES string of the molecule is CN(CCO)Cc1ccccc1-c1ccccc1CN(C)CCO. The third kappa shape index (κ3) is 5.14. The maximum atomic E-state index is 9.13. The molecule has 2 rings (SSSR count). The molecule has 0 saturated carbocycles. The fourth-order valence-corrected chi connectivity index (χ4v) is 2.92. The predicted molar refractivity (Wildman–Crippen MR) is 98.7 cm³/mol. The van der Waals surface area contributed by atoms with Crippen molar-refractivity contribution in [2.45, 2.75) is 13.1 Å². The van der Waals surface area contributed by atoms with Crippen LogP contribution in [0.2, 0.25) is 0 Å². The van der Waals surface area contributed by atoms with Crippen molar-refractivity contribution in [3.8, 4) is 11.1 Å². The van der Waals surface area contributed by atoms with Gasteiger partial charge in [0.1, 0.15) is 0 Å². The van der Waals surface area contributed by atoms with E-state index in [0.717, 1.165) is 13.1 Å². The first-order valence-corrected chi connectivity index (χ1v) is 8.40. The number of aliphatic hydroxyl groups is 2. The Morgan fingerprint density at radius 1 is 0.667 bits per heavy atom. The van der Waals surface area contributed by atoms with E-state index in [0.29, 0.717) is 13.1 Å². The number of benzene rings is 2. The van der Waals surface area contributed by atoms with Crippen LogP contribution in [0.4, 0.5) is 0 Å². The second kappa shape index (κ2) is 9.55. The predicted octanol–water partition coefficient (Wildman–Crippen LogP) is 2.20. The van der Waals surface area contributed by atoms with Crippen LogP contribution in [-0.4, -0.2) is 60.4 Å². The Bertz CT molecular complexity index is 575. The zero-order valence-corrected chi connectivity index (χ0v) is 14.7. The van der Waals surface area contributed by atoms with E-state index in [-0.39, 0.29) is 13.2 Å². The molecule has 130 valence electrons. The lowest BCUT2D eigenvalue weighted by Gasteiger charge is -2.21. The standard InChI is InChI=1S/C20H28N2O2/c1-21(11-13-23)15-17-7-3-5-9-19(17)20-10-6-4-8-18(20)16-22(2)12-14-24/h3-10,23-24H,11-16H2,1-2H3. The maximum Gasteiger partial charge on any atom is 0.0558 e. The van der Waals surface area contributed by atoms with E-state index in [1.165, 1.54) is 22.3 Å². The number of aliphatic hydroxyl groups excluding tert-OH is 2. The molecule has 0 aromatic heterocycles. The number of nitrogens with zero attached hydrogens (tertiary/aromatic N) is 2. The Labute approximate surface area is 145 Å². The molecule has 2 N–H and O–H groups in total. The van der Waals surface area contributed by atoms with Crippen molar-refractivity contribution in [2.24, 2.45) is 0 Å². The largest absolute Gasteiger partial charge is 0.395 e. The monoisotopic (exact) mass is 328 g/mol. The molecule has 0 atom stereocenters. The first kappa shape index (κ1) is 18.6. The molecule has 4 heteroatoms. The summed E-state index contributed by atoms with van der Waals surface area (Å²) in [7, 11) is 4.04. The molecular weight excluding hydrogens is 300 g/mol. The van der Waals surface area contributed by atoms with Crippen molar-refractivity contribution in [1.29, 1.82) is 0 Å². The summed E-state index contributed by atoms with van der Waals surface area (Å²) in [6, 6.07) is 16.9. The molecule has 0 saturated heterocycles. The normalized spacial score (nSPS) is 11.4. The fraction of sp³-hybridized carbons (Fsp3) is 0.400. The van der Waals surface area contributed by atoms with Crippen LogP contribution in [0.25, 0.3) is 11.1 Å². The summed E-state index contributed by atoms with van der Waals surface area (Å²) in [5.74, 6) is 0. The van der Waals surface area contributed by atoms with Crippen molar-refractivity contribution in [3.05, 3.63) is 59.7 Å². The fourth-order valence-electron chi connectivity index (χ4n) is 2.92. The average molecular weight is 328 g/mol. The Kier molecular flexibility index (Phi) is 7.40. The first-order valence-electron chi connectivity index (χ1n) is 8.40. The van der Waals surface area contributed by atoms with Gasteiger partial charge in [0.15, 0.2) is 0 Å². The van der Waals surface area contributed by atoms with Crippen LogP contribution < -0.4 is 0 Å². The maximum absolute atomic E-state index is 9.13. The zero-order valence-electron chi connectivity index (χ0n) is 14.7. The molecule has 2 aromatic rings. The van der Waals surface area contributed by atoms with Gasteiger partial charge in [-0.3, -0.25) is 9.80 Å². The highest BCUT2D eigenvalue weighted by Crippen LogP contribution is 2.28. The molecule has 0 amide bonds. The second-order valence-corrected chi connectivity index (χ2v) is 6.24. The summed E-state index contributed by atoms with van der Waals surface area (Å²) < 4.78 is 0. The average Bonchev–Trinajstić information content (AvgIpc) is 2.56. The third-order valence-corrected chi connectivity index (χ3v) is 4.17. The minimum absolute atomic E-state index is 0.168. The van der Waals surface area contributed by atoms with E-state index in [4.69, 9.17) is 10.2 Å². The van der Waals surface area contributed by atoms with Crippen LogP contribution in [0.3, 0.4) is 0 Å². The van der Waals surface area contributed by atoms with Gasteiger partial charge in [0.05, 0.1) is 13.2 Å². The van der Waals surface area contributed by atoms with Crippen molar-refractivity contribution < 1.29 is 10.2 Å². The molecule has 2 aromatic carbocycles. The van der Waals surface area contributed by atoms with Crippen LogP contribution in [0.5, 0.6) is 0 Å². The van der Waals surface area contributed by atoms with Gasteiger partial charge in [-0.15, -0.1) is 0 Å². The summed E-state index contributed by atoms with van der Waals surface area (Å²) in [5, 5.41) is 18.3. The number of hydrogen-bond donors (Lipinski definition) is 2. The van der Waals surface area contributed by atoms with Crippen molar-refractivity contribution in [2.75, 3.05) is 40.4 Å². The van der Waals surface area contributed by atoms with Gasteiger partial charge in [0.25, 0.3) is 0 Å². The molecule has 0 aliphatic heterocycles. The lowest BCUT2D eigenvalue weighted by atomic mass is 9.95. The molecule has 0 bridgehead atoms. The van der Waals surface area contributed by atoms with Gasteiger partial charge in [-0.2, -0.15) is 0 Å².